The van der Waals surface area contributed by atoms with E-state index >= 15 is 0 Å². The van der Waals surface area contributed by atoms with Gasteiger partial charge >= 0.3 is 0 Å². The van der Waals surface area contributed by atoms with E-state index in [1.807, 2.05) is 0 Å². The number of rotatable bonds is 3. The molecule has 1 rings (SSSR count). The zero-order chi connectivity index (χ0) is 11.4. The van der Waals surface area contributed by atoms with E-state index in [2.05, 4.69) is 0 Å². The van der Waals surface area contributed by atoms with E-state index in [4.69, 9.17) is 11.5 Å². The first-order valence-electron chi connectivity index (χ1n) is 4.16. The monoisotopic (exact) mass is 211 g/mol. The van der Waals surface area contributed by atoms with Crippen LogP contribution in [-0.4, -0.2) is 11.5 Å². The third kappa shape index (κ3) is 2.50. The molecule has 6 heteroatoms. The van der Waals surface area contributed by atoms with Crippen LogP contribution in [0.5, 0.6) is 0 Å². The second-order valence-corrected chi connectivity index (χ2v) is 2.83. The number of anilines is 1. The van der Waals surface area contributed by atoms with Crippen LogP contribution < -0.4 is 11.5 Å². The van der Waals surface area contributed by atoms with Gasteiger partial charge in [-0.1, -0.05) is 12.2 Å². The highest BCUT2D eigenvalue weighted by atomic mass is 19.1. The molecule has 0 saturated carbocycles. The second-order valence-electron chi connectivity index (χ2n) is 2.83. The smallest absolute Gasteiger partial charge is 0.295 e. The van der Waals surface area contributed by atoms with Crippen molar-refractivity contribution in [1.82, 2.24) is 0 Å². The molecule has 80 valence electrons. The fraction of sp³-hybridized carbons (Fsp3) is 0.111. The van der Waals surface area contributed by atoms with Crippen LogP contribution >= 0.6 is 0 Å². The van der Waals surface area contributed by atoms with Crippen LogP contribution in [0.4, 0.5) is 15.8 Å². The Hall–Kier alpha value is -1.95. The van der Waals surface area contributed by atoms with E-state index in [0.29, 0.717) is 5.56 Å². The highest BCUT2D eigenvalue weighted by molar-refractivity contribution is 5.65. The Morgan fingerprint density at radius 3 is 2.73 bits per heavy atom. The summed E-state index contributed by atoms with van der Waals surface area (Å²) in [5.74, 6) is -0.805. The zero-order valence-electron chi connectivity index (χ0n) is 7.81. The fourth-order valence-electron chi connectivity index (χ4n) is 1.08. The average molecular weight is 211 g/mol. The fourth-order valence-corrected chi connectivity index (χ4v) is 1.08. The van der Waals surface area contributed by atoms with E-state index in [1.165, 1.54) is 12.1 Å². The summed E-state index contributed by atoms with van der Waals surface area (Å²) in [6, 6.07) is 2.32. The van der Waals surface area contributed by atoms with Crippen molar-refractivity contribution in [2.24, 2.45) is 5.73 Å². The van der Waals surface area contributed by atoms with Gasteiger partial charge in [-0.3, -0.25) is 10.1 Å². The molecule has 0 spiro atoms. The summed E-state index contributed by atoms with van der Waals surface area (Å²) >= 11 is 0. The van der Waals surface area contributed by atoms with E-state index < -0.39 is 22.1 Å². The largest absolute Gasteiger partial charge is 0.391 e. The van der Waals surface area contributed by atoms with Crippen LogP contribution in [0.1, 0.15) is 5.56 Å². The molecular formula is C9H10FN3O2. The number of hydrogen-bond donors (Lipinski definition) is 2. The minimum Gasteiger partial charge on any atom is -0.391 e. The third-order valence-corrected chi connectivity index (χ3v) is 1.77. The van der Waals surface area contributed by atoms with Crippen molar-refractivity contribution in [3.05, 3.63) is 39.7 Å². The molecule has 4 N–H and O–H groups in total. The molecule has 0 aromatic heterocycles. The molecule has 0 saturated heterocycles. The lowest BCUT2D eigenvalue weighted by Crippen LogP contribution is -1.99. The van der Waals surface area contributed by atoms with Gasteiger partial charge in [0.2, 0.25) is 0 Å². The Bertz CT molecular complexity index is 418. The Kier molecular flexibility index (Phi) is 3.35. The SMILES string of the molecule is NCC=Cc1cc(F)c(N)c([N+](=O)[O-])c1. The van der Waals surface area contributed by atoms with Crippen molar-refractivity contribution in [2.45, 2.75) is 0 Å². The molecule has 0 aliphatic carbocycles. The van der Waals surface area contributed by atoms with Gasteiger partial charge in [-0.15, -0.1) is 0 Å². The Morgan fingerprint density at radius 2 is 2.20 bits per heavy atom. The Labute approximate surface area is 85.3 Å². The summed E-state index contributed by atoms with van der Waals surface area (Å²) in [4.78, 5) is 9.79. The molecule has 0 bridgehead atoms. The highest BCUT2D eigenvalue weighted by Crippen LogP contribution is 2.26. The van der Waals surface area contributed by atoms with Gasteiger partial charge in [0.25, 0.3) is 5.69 Å². The number of nitro benzene ring substituents is 1. The van der Waals surface area contributed by atoms with Crippen LogP contribution in [0.3, 0.4) is 0 Å². The highest BCUT2D eigenvalue weighted by Gasteiger charge is 2.16. The number of nitrogens with zero attached hydrogens (tertiary/aromatic N) is 1. The molecule has 0 unspecified atom stereocenters. The molecule has 15 heavy (non-hydrogen) atoms. The lowest BCUT2D eigenvalue weighted by atomic mass is 10.1. The quantitative estimate of drug-likeness (QED) is 0.447. The number of hydrogen-bond acceptors (Lipinski definition) is 4. The first kappa shape index (κ1) is 11.1. The van der Waals surface area contributed by atoms with Crippen LogP contribution in [-0.2, 0) is 0 Å². The summed E-state index contributed by atoms with van der Waals surface area (Å²) in [5, 5.41) is 10.5. The number of benzene rings is 1. The Balaban J connectivity index is 3.23. The summed E-state index contributed by atoms with van der Waals surface area (Å²) in [5.41, 5.74) is 9.89. The zero-order valence-corrected chi connectivity index (χ0v) is 7.81. The second kappa shape index (κ2) is 4.52. The summed E-state index contributed by atoms with van der Waals surface area (Å²) in [6.07, 6.45) is 3.06. The molecular weight excluding hydrogens is 201 g/mol. The number of nitro groups is 1. The van der Waals surface area contributed by atoms with Gasteiger partial charge in [0.1, 0.15) is 5.69 Å². The van der Waals surface area contributed by atoms with Crippen molar-refractivity contribution < 1.29 is 9.31 Å². The van der Waals surface area contributed by atoms with Crippen LogP contribution in [0, 0.1) is 15.9 Å². The normalized spacial score (nSPS) is 10.8. The minimum atomic E-state index is -0.805. The first-order valence-corrected chi connectivity index (χ1v) is 4.16. The van der Waals surface area contributed by atoms with Gasteiger partial charge in [0, 0.05) is 12.6 Å². The lowest BCUT2D eigenvalue weighted by Gasteiger charge is -2.00. The molecule has 5 nitrogen and oxygen atoms in total. The van der Waals surface area contributed by atoms with Crippen molar-refractivity contribution in [3.63, 3.8) is 0 Å². The van der Waals surface area contributed by atoms with Crippen LogP contribution in [0.15, 0.2) is 18.2 Å². The van der Waals surface area contributed by atoms with Gasteiger partial charge < -0.3 is 11.5 Å². The minimum absolute atomic E-state index is 0.278. The van der Waals surface area contributed by atoms with E-state index in [1.54, 1.807) is 6.08 Å². The molecule has 0 atom stereocenters. The maximum Gasteiger partial charge on any atom is 0.295 e. The summed E-state index contributed by atoms with van der Waals surface area (Å²) in [7, 11) is 0. The molecule has 0 amide bonds. The lowest BCUT2D eigenvalue weighted by molar-refractivity contribution is -0.384. The molecule has 1 aromatic carbocycles. The molecule has 0 heterocycles. The predicted molar refractivity (Wildman–Crippen MR) is 55.6 cm³/mol. The van der Waals surface area contributed by atoms with Crippen molar-refractivity contribution >= 4 is 17.5 Å². The van der Waals surface area contributed by atoms with Crippen molar-refractivity contribution in [3.8, 4) is 0 Å². The number of halogens is 1. The van der Waals surface area contributed by atoms with E-state index in [9.17, 15) is 14.5 Å². The van der Waals surface area contributed by atoms with Crippen LogP contribution in [0.25, 0.3) is 6.08 Å². The molecule has 0 radical (unpaired) electrons. The van der Waals surface area contributed by atoms with E-state index in [-0.39, 0.29) is 6.54 Å². The topological polar surface area (TPSA) is 95.2 Å². The van der Waals surface area contributed by atoms with Crippen molar-refractivity contribution in [1.29, 1.82) is 0 Å². The standard InChI is InChI=1S/C9H10FN3O2/c10-7-4-6(2-1-3-11)5-8(9(7)12)13(14)15/h1-2,4-5H,3,11-12H2. The first-order chi connectivity index (χ1) is 7.06. The third-order valence-electron chi connectivity index (χ3n) is 1.77. The Morgan fingerprint density at radius 1 is 1.53 bits per heavy atom. The van der Waals surface area contributed by atoms with Crippen LogP contribution in [0.2, 0.25) is 0 Å². The van der Waals surface area contributed by atoms with Gasteiger partial charge in [0.15, 0.2) is 5.82 Å². The van der Waals surface area contributed by atoms with Gasteiger partial charge in [0.05, 0.1) is 4.92 Å². The summed E-state index contributed by atoms with van der Waals surface area (Å²) < 4.78 is 13.1. The number of nitrogens with two attached hydrogens (primary N) is 2. The molecule has 0 aliphatic heterocycles. The maximum absolute atomic E-state index is 13.1. The van der Waals surface area contributed by atoms with Gasteiger partial charge in [-0.2, -0.15) is 0 Å². The molecule has 1 aromatic rings. The maximum atomic E-state index is 13.1. The van der Waals surface area contributed by atoms with Crippen molar-refractivity contribution in [2.75, 3.05) is 12.3 Å². The molecule has 0 aliphatic rings. The van der Waals surface area contributed by atoms with Gasteiger partial charge in [-0.05, 0) is 11.6 Å². The van der Waals surface area contributed by atoms with Gasteiger partial charge in [-0.25, -0.2) is 4.39 Å². The summed E-state index contributed by atoms with van der Waals surface area (Å²) in [6.45, 7) is 0.278. The average Bonchev–Trinajstić information content (AvgIpc) is 2.19. The predicted octanol–water partition coefficient (Wildman–Crippen LogP) is 1.29. The van der Waals surface area contributed by atoms with E-state index in [0.717, 1.165) is 6.07 Å². The number of nitrogen functional groups attached to an aromatic ring is 1. The molecule has 0 fully saturated rings.